The lowest BCUT2D eigenvalue weighted by molar-refractivity contribution is -0.149. The Bertz CT molecular complexity index is 243. The fourth-order valence-corrected chi connectivity index (χ4v) is 1.11. The van der Waals surface area contributed by atoms with Crippen molar-refractivity contribution in [2.45, 2.75) is 20.3 Å². The number of esters is 1. The van der Waals surface area contributed by atoms with Gasteiger partial charge in [0.1, 0.15) is 0 Å². The van der Waals surface area contributed by atoms with Gasteiger partial charge in [-0.25, -0.2) is 0 Å². The average molecular weight is 230 g/mol. The summed E-state index contributed by atoms with van der Waals surface area (Å²) in [6, 6.07) is 1.62. The molecule has 0 rings (SSSR count). The molecule has 0 bridgehead atoms. The van der Waals surface area contributed by atoms with Crippen molar-refractivity contribution in [2.75, 3.05) is 12.4 Å². The predicted octanol–water partition coefficient (Wildman–Crippen LogP) is 0.864. The molecule has 0 radical (unpaired) electrons. The number of hydrogen-bond donors (Lipinski definition) is 1. The van der Waals surface area contributed by atoms with E-state index < -0.39 is 17.8 Å². The van der Waals surface area contributed by atoms with Crippen molar-refractivity contribution in [3.8, 4) is 6.07 Å². The number of carbonyl (C=O) groups excluding carboxylic acids is 2. The van der Waals surface area contributed by atoms with E-state index in [1.807, 2.05) is 13.8 Å². The summed E-state index contributed by atoms with van der Waals surface area (Å²) >= 11 is 1.14. The van der Waals surface area contributed by atoms with Gasteiger partial charge in [0, 0.05) is 5.75 Å². The van der Waals surface area contributed by atoms with Gasteiger partial charge in [-0.05, 0) is 6.42 Å². The second-order valence-electron chi connectivity index (χ2n) is 2.63. The van der Waals surface area contributed by atoms with E-state index in [2.05, 4.69) is 4.72 Å². The molecule has 0 fully saturated rings. The van der Waals surface area contributed by atoms with Gasteiger partial charge in [-0.3, -0.25) is 14.3 Å². The molecule has 15 heavy (non-hydrogen) atoms. The molecular formula is C9H14N2O3S. The van der Waals surface area contributed by atoms with Crippen molar-refractivity contribution in [3.63, 3.8) is 0 Å². The highest BCUT2D eigenvalue weighted by Gasteiger charge is 2.27. The second-order valence-corrected chi connectivity index (χ2v) is 3.70. The number of nitrogens with zero attached hydrogens (tertiary/aromatic N) is 1. The van der Waals surface area contributed by atoms with Crippen LogP contribution in [0.2, 0.25) is 0 Å². The number of amides is 1. The Balaban J connectivity index is 4.17. The lowest BCUT2D eigenvalue weighted by atomic mass is 10.2. The summed E-state index contributed by atoms with van der Waals surface area (Å²) in [5, 5.41) is 8.64. The van der Waals surface area contributed by atoms with Crippen molar-refractivity contribution in [2.24, 2.45) is 5.92 Å². The van der Waals surface area contributed by atoms with E-state index in [0.29, 0.717) is 12.2 Å². The molecule has 5 nitrogen and oxygen atoms in total. The summed E-state index contributed by atoms with van der Waals surface area (Å²) in [5.74, 6) is -2.09. The van der Waals surface area contributed by atoms with Gasteiger partial charge in [0.2, 0.25) is 5.92 Å². The van der Waals surface area contributed by atoms with Crippen LogP contribution in [-0.4, -0.2) is 24.2 Å². The molecule has 1 atom stereocenters. The molecule has 0 heterocycles. The third-order valence-electron chi connectivity index (χ3n) is 1.39. The topological polar surface area (TPSA) is 79.2 Å². The number of hydrogen-bond acceptors (Lipinski definition) is 5. The van der Waals surface area contributed by atoms with E-state index in [1.165, 1.54) is 0 Å². The minimum Gasteiger partial charge on any atom is -0.464 e. The second kappa shape index (κ2) is 8.12. The van der Waals surface area contributed by atoms with E-state index in [4.69, 9.17) is 10.00 Å². The van der Waals surface area contributed by atoms with Crippen LogP contribution in [0.4, 0.5) is 0 Å². The first kappa shape index (κ1) is 13.8. The zero-order valence-electron chi connectivity index (χ0n) is 8.78. The molecule has 0 saturated carbocycles. The van der Waals surface area contributed by atoms with Gasteiger partial charge in [-0.15, -0.1) is 0 Å². The molecule has 6 heteroatoms. The highest BCUT2D eigenvalue weighted by atomic mass is 32.2. The summed E-state index contributed by atoms with van der Waals surface area (Å²) in [5.41, 5.74) is 0. The smallest absolute Gasteiger partial charge is 0.333 e. The first-order valence-corrected chi connectivity index (χ1v) is 5.63. The van der Waals surface area contributed by atoms with Crippen LogP contribution >= 0.6 is 11.9 Å². The number of nitriles is 1. The fourth-order valence-electron chi connectivity index (χ4n) is 0.707. The molecule has 1 unspecified atom stereocenters. The molecule has 0 aromatic heterocycles. The van der Waals surface area contributed by atoms with E-state index in [-0.39, 0.29) is 6.61 Å². The van der Waals surface area contributed by atoms with Crippen LogP contribution in [0.3, 0.4) is 0 Å². The number of rotatable bonds is 6. The van der Waals surface area contributed by atoms with Crippen LogP contribution in [0.1, 0.15) is 20.3 Å². The van der Waals surface area contributed by atoms with Crippen molar-refractivity contribution in [1.82, 2.24) is 4.72 Å². The molecular weight excluding hydrogens is 216 g/mol. The molecule has 0 aliphatic heterocycles. The molecule has 0 aliphatic carbocycles. The van der Waals surface area contributed by atoms with Crippen LogP contribution in [0.15, 0.2) is 0 Å². The van der Waals surface area contributed by atoms with Gasteiger partial charge in [-0.1, -0.05) is 25.8 Å². The lowest BCUT2D eigenvalue weighted by Crippen LogP contribution is -2.32. The Kier molecular flexibility index (Phi) is 7.46. The van der Waals surface area contributed by atoms with Gasteiger partial charge in [-0.2, -0.15) is 5.26 Å². The molecule has 0 saturated heterocycles. The van der Waals surface area contributed by atoms with Crippen molar-refractivity contribution in [1.29, 1.82) is 5.26 Å². The summed E-state index contributed by atoms with van der Waals surface area (Å²) < 4.78 is 7.11. The fraction of sp³-hybridized carbons (Fsp3) is 0.667. The molecule has 0 aliphatic rings. The maximum atomic E-state index is 11.3. The van der Waals surface area contributed by atoms with Crippen molar-refractivity contribution < 1.29 is 14.3 Å². The third kappa shape index (κ3) is 5.27. The summed E-state index contributed by atoms with van der Waals surface area (Å²) in [6.45, 7) is 3.91. The maximum Gasteiger partial charge on any atom is 0.333 e. The lowest BCUT2D eigenvalue weighted by Gasteiger charge is -2.08. The van der Waals surface area contributed by atoms with Crippen molar-refractivity contribution in [3.05, 3.63) is 0 Å². The quantitative estimate of drug-likeness (QED) is 0.416. The van der Waals surface area contributed by atoms with E-state index in [0.717, 1.165) is 11.9 Å². The zero-order chi connectivity index (χ0) is 11.7. The Labute approximate surface area is 93.3 Å². The SMILES string of the molecule is CCCOC(=O)C(C#N)C(=O)NSCC. The number of carbonyl (C=O) groups is 2. The Morgan fingerprint density at radius 2 is 2.20 bits per heavy atom. The Morgan fingerprint density at radius 3 is 2.67 bits per heavy atom. The molecule has 0 aromatic rings. The van der Waals surface area contributed by atoms with E-state index >= 15 is 0 Å². The van der Waals surface area contributed by atoms with Crippen molar-refractivity contribution >= 4 is 23.8 Å². The van der Waals surface area contributed by atoms with Crippen LogP contribution < -0.4 is 4.72 Å². The minimum absolute atomic E-state index is 0.227. The number of ether oxygens (including phenoxy) is 1. The monoisotopic (exact) mass is 230 g/mol. The normalized spacial score (nSPS) is 11.3. The van der Waals surface area contributed by atoms with Gasteiger partial charge < -0.3 is 4.74 Å². The molecule has 1 amide bonds. The van der Waals surface area contributed by atoms with E-state index in [1.54, 1.807) is 6.07 Å². The molecule has 84 valence electrons. The highest BCUT2D eigenvalue weighted by molar-refractivity contribution is 7.97. The summed E-state index contributed by atoms with van der Waals surface area (Å²) in [7, 11) is 0. The Morgan fingerprint density at radius 1 is 1.53 bits per heavy atom. The van der Waals surface area contributed by atoms with Crippen LogP contribution in [0.5, 0.6) is 0 Å². The first-order chi connectivity index (χ1) is 7.17. The molecule has 0 spiro atoms. The van der Waals surface area contributed by atoms with Gasteiger partial charge in [0.05, 0.1) is 12.7 Å². The van der Waals surface area contributed by atoms with Gasteiger partial charge in [0.15, 0.2) is 0 Å². The first-order valence-electron chi connectivity index (χ1n) is 4.65. The van der Waals surface area contributed by atoms with Crippen LogP contribution in [0, 0.1) is 17.2 Å². The van der Waals surface area contributed by atoms with E-state index in [9.17, 15) is 9.59 Å². The zero-order valence-corrected chi connectivity index (χ0v) is 9.60. The van der Waals surface area contributed by atoms with Crippen LogP contribution in [-0.2, 0) is 14.3 Å². The minimum atomic E-state index is -1.37. The average Bonchev–Trinajstić information content (AvgIpc) is 2.24. The predicted molar refractivity (Wildman–Crippen MR) is 56.6 cm³/mol. The number of nitrogens with one attached hydrogen (secondary N) is 1. The highest BCUT2D eigenvalue weighted by Crippen LogP contribution is 2.02. The third-order valence-corrected chi connectivity index (χ3v) is 2.03. The van der Waals surface area contributed by atoms with Gasteiger partial charge in [0.25, 0.3) is 5.91 Å². The summed E-state index contributed by atoms with van der Waals surface area (Å²) in [4.78, 5) is 22.5. The largest absolute Gasteiger partial charge is 0.464 e. The summed E-state index contributed by atoms with van der Waals surface area (Å²) in [6.07, 6.45) is 0.662. The maximum absolute atomic E-state index is 11.3. The van der Waals surface area contributed by atoms with Crippen LogP contribution in [0.25, 0.3) is 0 Å². The molecule has 1 N–H and O–H groups in total. The Hall–Kier alpha value is -1.22. The molecule has 0 aromatic carbocycles. The standard InChI is InChI=1S/C9H14N2O3S/c1-3-5-14-9(13)7(6-10)8(12)11-15-4-2/h7H,3-5H2,1-2H3,(H,11,12). The van der Waals surface area contributed by atoms with Gasteiger partial charge >= 0.3 is 5.97 Å².